The summed E-state index contributed by atoms with van der Waals surface area (Å²) in [6.45, 7) is 0. The van der Waals surface area contributed by atoms with Crippen molar-refractivity contribution < 1.29 is 6.85 Å². The van der Waals surface area contributed by atoms with Crippen LogP contribution in [-0.2, 0) is 0 Å². The van der Waals surface area contributed by atoms with Crippen molar-refractivity contribution >= 4 is 90.9 Å². The molecule has 0 aliphatic rings. The number of fused-ring (bicyclic) bond motifs is 7. The van der Waals surface area contributed by atoms with Crippen LogP contribution in [0.2, 0.25) is 0 Å². The molecule has 2 aromatic heterocycles. The van der Waals surface area contributed by atoms with Crippen molar-refractivity contribution in [2.45, 2.75) is 0 Å². The Kier molecular flexibility index (Phi) is 7.43. The van der Waals surface area contributed by atoms with Gasteiger partial charge in [-0.1, -0.05) is 182 Å². The van der Waals surface area contributed by atoms with Crippen molar-refractivity contribution in [3.63, 3.8) is 0 Å². The molecule has 12 aromatic rings. The fraction of sp³-hybridized carbons (Fsp3) is 0. The Morgan fingerprint density at radius 1 is 0.328 bits per heavy atom. The molecule has 2 heterocycles. The highest BCUT2D eigenvalue weighted by molar-refractivity contribution is 7.27. The standard InChI is InChI=1S/C58H37NS2/c1-3-13-39(14-4-1)45-35-36-46(49-18-8-7-17-48(45)49)41-27-32-44(33-28-41)59(43-30-25-38(26-31-43)42-29-34-51-50-19-9-10-24-55(50)60-56(51)37-42)54-23-12-22-53-52-21-11-20-47(57(52)61-58(53)54)40-15-5-2-6-16-40/h1-37H/i1D,3D,4D,13D,14D. The van der Waals surface area contributed by atoms with Crippen molar-refractivity contribution in [2.24, 2.45) is 0 Å². The van der Waals surface area contributed by atoms with Gasteiger partial charge in [-0.2, -0.15) is 0 Å². The Morgan fingerprint density at radius 2 is 0.885 bits per heavy atom. The summed E-state index contributed by atoms with van der Waals surface area (Å²) in [7, 11) is 0. The highest BCUT2D eigenvalue weighted by Gasteiger charge is 2.20. The second-order valence-electron chi connectivity index (χ2n) is 15.2. The van der Waals surface area contributed by atoms with Gasteiger partial charge in [0.25, 0.3) is 0 Å². The normalized spacial score (nSPS) is 12.8. The van der Waals surface area contributed by atoms with Crippen LogP contribution in [0.5, 0.6) is 0 Å². The van der Waals surface area contributed by atoms with Gasteiger partial charge in [0.15, 0.2) is 0 Å². The minimum Gasteiger partial charge on any atom is -0.309 e. The van der Waals surface area contributed by atoms with Crippen LogP contribution >= 0.6 is 22.7 Å². The number of thiophene rings is 2. The first-order valence-electron chi connectivity index (χ1n) is 22.8. The molecular weight excluding hydrogens is 775 g/mol. The number of anilines is 3. The largest absolute Gasteiger partial charge is 0.309 e. The van der Waals surface area contributed by atoms with E-state index < -0.39 is 6.04 Å². The van der Waals surface area contributed by atoms with Gasteiger partial charge in [-0.25, -0.2) is 0 Å². The topological polar surface area (TPSA) is 3.24 Å². The van der Waals surface area contributed by atoms with Crippen molar-refractivity contribution in [3.8, 4) is 44.5 Å². The number of hydrogen-bond acceptors (Lipinski definition) is 3. The highest BCUT2D eigenvalue weighted by atomic mass is 32.1. The van der Waals surface area contributed by atoms with Gasteiger partial charge < -0.3 is 4.90 Å². The van der Waals surface area contributed by atoms with Crippen LogP contribution in [0, 0.1) is 0 Å². The molecule has 0 aliphatic heterocycles. The first-order valence-corrected chi connectivity index (χ1v) is 22.0. The van der Waals surface area contributed by atoms with Crippen molar-refractivity contribution in [3.05, 3.63) is 224 Å². The molecule has 0 N–H and O–H groups in total. The fourth-order valence-electron chi connectivity index (χ4n) is 8.91. The average Bonchev–Trinajstić information content (AvgIpc) is 3.95. The predicted molar refractivity (Wildman–Crippen MR) is 266 cm³/mol. The zero-order chi connectivity index (χ0) is 44.6. The summed E-state index contributed by atoms with van der Waals surface area (Å²) < 4.78 is 47.4. The molecule has 0 aliphatic carbocycles. The van der Waals surface area contributed by atoms with E-state index in [0.29, 0.717) is 5.56 Å². The Bertz CT molecular complexity index is 3850. The van der Waals surface area contributed by atoms with Crippen molar-refractivity contribution in [1.29, 1.82) is 0 Å². The van der Waals surface area contributed by atoms with Gasteiger partial charge in [-0.3, -0.25) is 0 Å². The SMILES string of the molecule is [2H]c1c([2H])c([2H])c(-c2ccc(-c3ccc(N(c4ccc(-c5ccc6c(c5)sc5ccccc56)cc4)c4cccc5c4sc4c(-c6ccccc6)cccc45)cc3)c3ccccc23)c([2H])c1[2H]. The monoisotopic (exact) mass is 816 g/mol. The smallest absolute Gasteiger partial charge is 0.0640 e. The maximum Gasteiger partial charge on any atom is 0.0640 e. The minimum atomic E-state index is -0.398. The third-order valence-electron chi connectivity index (χ3n) is 11.8. The van der Waals surface area contributed by atoms with Gasteiger partial charge in [0.05, 0.1) is 17.2 Å². The molecule has 3 heteroatoms. The molecule has 0 fully saturated rings. The molecule has 0 unspecified atom stereocenters. The summed E-state index contributed by atoms with van der Waals surface area (Å²) in [5.74, 6) is 0. The lowest BCUT2D eigenvalue weighted by Gasteiger charge is -2.26. The second kappa shape index (κ2) is 14.8. The summed E-state index contributed by atoms with van der Waals surface area (Å²) in [4.78, 5) is 2.36. The van der Waals surface area contributed by atoms with Crippen LogP contribution < -0.4 is 4.90 Å². The van der Waals surface area contributed by atoms with Gasteiger partial charge in [0, 0.05) is 47.0 Å². The first kappa shape index (κ1) is 30.7. The molecule has 0 amide bonds. The highest BCUT2D eigenvalue weighted by Crippen LogP contribution is 2.48. The molecule has 12 rings (SSSR count). The molecule has 0 radical (unpaired) electrons. The number of rotatable bonds is 7. The van der Waals surface area contributed by atoms with E-state index >= 15 is 0 Å². The van der Waals surface area contributed by atoms with E-state index in [0.717, 1.165) is 44.5 Å². The summed E-state index contributed by atoms with van der Waals surface area (Å²) in [5, 5.41) is 6.78. The Labute approximate surface area is 369 Å². The molecule has 0 atom stereocenters. The van der Waals surface area contributed by atoms with Gasteiger partial charge in [-0.15, -0.1) is 22.7 Å². The van der Waals surface area contributed by atoms with Crippen LogP contribution in [-0.4, -0.2) is 0 Å². The minimum absolute atomic E-state index is 0.202. The Balaban J connectivity index is 0.991. The van der Waals surface area contributed by atoms with E-state index in [4.69, 9.17) is 6.85 Å². The van der Waals surface area contributed by atoms with Crippen LogP contribution in [0.25, 0.3) is 95.6 Å². The molecule has 0 saturated heterocycles. The van der Waals surface area contributed by atoms with Crippen molar-refractivity contribution in [1.82, 2.24) is 0 Å². The average molecular weight is 817 g/mol. The van der Waals surface area contributed by atoms with Crippen LogP contribution in [0.1, 0.15) is 6.85 Å². The van der Waals surface area contributed by atoms with Gasteiger partial charge >= 0.3 is 0 Å². The van der Waals surface area contributed by atoms with Crippen molar-refractivity contribution in [2.75, 3.05) is 4.90 Å². The van der Waals surface area contributed by atoms with Gasteiger partial charge in [0.2, 0.25) is 0 Å². The third kappa shape index (κ3) is 6.13. The van der Waals surface area contributed by atoms with Crippen LogP contribution in [0.4, 0.5) is 17.1 Å². The van der Waals surface area contributed by atoms with E-state index in [1.54, 1.807) is 0 Å². The quantitative estimate of drug-likeness (QED) is 0.155. The lowest BCUT2D eigenvalue weighted by Crippen LogP contribution is -2.10. The second-order valence-corrected chi connectivity index (χ2v) is 17.4. The molecule has 1 nitrogen and oxygen atoms in total. The number of benzene rings is 10. The first-order chi connectivity index (χ1) is 32.3. The van der Waals surface area contributed by atoms with E-state index in [1.165, 1.54) is 57.0 Å². The zero-order valence-corrected chi connectivity index (χ0v) is 34.4. The Morgan fingerprint density at radius 3 is 1.62 bits per heavy atom. The fourth-order valence-corrected chi connectivity index (χ4v) is 11.4. The van der Waals surface area contributed by atoms with E-state index in [9.17, 15) is 0 Å². The zero-order valence-electron chi connectivity index (χ0n) is 37.7. The Hall–Kier alpha value is -7.30. The maximum absolute atomic E-state index is 8.73. The van der Waals surface area contributed by atoms with Gasteiger partial charge in [-0.05, 0) is 97.7 Å². The van der Waals surface area contributed by atoms with E-state index in [1.807, 2.05) is 59.1 Å². The van der Waals surface area contributed by atoms with E-state index in [2.05, 4.69) is 163 Å². The van der Waals surface area contributed by atoms with Crippen LogP contribution in [0.3, 0.4) is 0 Å². The number of nitrogens with zero attached hydrogens (tertiary/aromatic N) is 1. The molecule has 61 heavy (non-hydrogen) atoms. The van der Waals surface area contributed by atoms with Gasteiger partial charge in [0.1, 0.15) is 0 Å². The molecule has 10 aromatic carbocycles. The molecular formula is C58H37NS2. The summed E-state index contributed by atoms with van der Waals surface area (Å²) >= 11 is 3.67. The van der Waals surface area contributed by atoms with E-state index in [-0.39, 0.29) is 29.7 Å². The lowest BCUT2D eigenvalue weighted by atomic mass is 9.92. The van der Waals surface area contributed by atoms with Crippen LogP contribution in [0.15, 0.2) is 224 Å². The lowest BCUT2D eigenvalue weighted by molar-refractivity contribution is 1.30. The predicted octanol–water partition coefficient (Wildman–Crippen LogP) is 17.7. The maximum atomic E-state index is 8.73. The molecule has 286 valence electrons. The number of hydrogen-bond donors (Lipinski definition) is 0. The molecule has 0 spiro atoms. The third-order valence-corrected chi connectivity index (χ3v) is 14.2. The summed E-state index contributed by atoms with van der Waals surface area (Å²) in [5.41, 5.74) is 10.7. The molecule has 0 saturated carbocycles. The summed E-state index contributed by atoms with van der Waals surface area (Å²) in [6, 6.07) is 67.1. The molecule has 0 bridgehead atoms. The summed E-state index contributed by atoms with van der Waals surface area (Å²) in [6.07, 6.45) is 0.